The highest BCUT2D eigenvalue weighted by Crippen LogP contribution is 2.45. The van der Waals surface area contributed by atoms with Crippen LogP contribution in [0.15, 0.2) is 0 Å². The molecule has 0 radical (unpaired) electrons. The Morgan fingerprint density at radius 1 is 1.05 bits per heavy atom. The van der Waals surface area contributed by atoms with E-state index in [0.717, 1.165) is 24.3 Å². The Morgan fingerprint density at radius 3 is 1.89 bits per heavy atom. The molecular weight excluding hydrogens is 232 g/mol. The first-order valence-electron chi connectivity index (χ1n) is 8.23. The van der Waals surface area contributed by atoms with E-state index in [9.17, 15) is 0 Å². The van der Waals surface area contributed by atoms with Crippen molar-refractivity contribution in [2.75, 3.05) is 19.6 Å². The molecular formula is C17H34N2. The molecule has 1 aliphatic carbocycles. The summed E-state index contributed by atoms with van der Waals surface area (Å²) >= 11 is 0. The summed E-state index contributed by atoms with van der Waals surface area (Å²) in [5, 5.41) is 0. The van der Waals surface area contributed by atoms with E-state index in [-0.39, 0.29) is 0 Å². The Hall–Kier alpha value is -0.0800. The average Bonchev–Trinajstić information content (AvgIpc) is 2.69. The molecule has 2 unspecified atom stereocenters. The van der Waals surface area contributed by atoms with Crippen LogP contribution in [0, 0.1) is 23.2 Å². The third kappa shape index (κ3) is 3.00. The van der Waals surface area contributed by atoms with Gasteiger partial charge in [-0.1, -0.05) is 34.6 Å². The Balaban J connectivity index is 2.02. The SMILES string of the molecule is CC1CN(C2(CN)CCC(C(C)(C)C)CC2)CC1C. The largest absolute Gasteiger partial charge is 0.329 e. The van der Waals surface area contributed by atoms with Gasteiger partial charge in [0, 0.05) is 25.2 Å². The summed E-state index contributed by atoms with van der Waals surface area (Å²) in [6, 6.07) is 0. The molecule has 0 spiro atoms. The van der Waals surface area contributed by atoms with Gasteiger partial charge >= 0.3 is 0 Å². The smallest absolute Gasteiger partial charge is 0.0332 e. The first kappa shape index (κ1) is 15.3. The minimum absolute atomic E-state index is 0.320. The molecule has 2 atom stereocenters. The maximum atomic E-state index is 6.22. The van der Waals surface area contributed by atoms with Crippen molar-refractivity contribution >= 4 is 0 Å². The van der Waals surface area contributed by atoms with Crippen LogP contribution in [0.4, 0.5) is 0 Å². The summed E-state index contributed by atoms with van der Waals surface area (Å²) in [4.78, 5) is 2.74. The number of rotatable bonds is 2. The van der Waals surface area contributed by atoms with Crippen LogP contribution in [0.1, 0.15) is 60.3 Å². The van der Waals surface area contributed by atoms with Crippen LogP contribution >= 0.6 is 0 Å². The van der Waals surface area contributed by atoms with E-state index in [1.807, 2.05) is 0 Å². The zero-order chi connectivity index (χ0) is 14.3. The second-order valence-electron chi connectivity index (χ2n) is 8.43. The van der Waals surface area contributed by atoms with Crippen molar-refractivity contribution in [3.05, 3.63) is 0 Å². The van der Waals surface area contributed by atoms with Crippen molar-refractivity contribution in [1.82, 2.24) is 4.90 Å². The number of hydrogen-bond donors (Lipinski definition) is 1. The summed E-state index contributed by atoms with van der Waals surface area (Å²) in [7, 11) is 0. The van der Waals surface area contributed by atoms with Crippen LogP contribution in [0.2, 0.25) is 0 Å². The zero-order valence-electron chi connectivity index (χ0n) is 13.7. The van der Waals surface area contributed by atoms with E-state index in [4.69, 9.17) is 5.73 Å². The molecule has 1 heterocycles. The third-order valence-corrected chi connectivity index (χ3v) is 6.18. The van der Waals surface area contributed by atoms with Gasteiger partial charge in [0.15, 0.2) is 0 Å². The van der Waals surface area contributed by atoms with E-state index in [2.05, 4.69) is 39.5 Å². The summed E-state index contributed by atoms with van der Waals surface area (Å²) in [5.74, 6) is 2.55. The summed E-state index contributed by atoms with van der Waals surface area (Å²) in [6.45, 7) is 15.4. The van der Waals surface area contributed by atoms with Gasteiger partial charge in [-0.15, -0.1) is 0 Å². The van der Waals surface area contributed by atoms with Crippen molar-refractivity contribution in [3.8, 4) is 0 Å². The van der Waals surface area contributed by atoms with Crippen molar-refractivity contribution in [2.24, 2.45) is 28.9 Å². The predicted octanol–water partition coefficient (Wildman–Crippen LogP) is 3.51. The molecule has 0 amide bonds. The molecule has 0 aromatic carbocycles. The van der Waals surface area contributed by atoms with Gasteiger partial charge in [-0.05, 0) is 48.9 Å². The second kappa shape index (κ2) is 5.37. The first-order chi connectivity index (χ1) is 8.78. The molecule has 1 aliphatic heterocycles. The zero-order valence-corrected chi connectivity index (χ0v) is 13.7. The highest BCUT2D eigenvalue weighted by Gasteiger charge is 2.44. The fourth-order valence-corrected chi connectivity index (χ4v) is 4.19. The summed E-state index contributed by atoms with van der Waals surface area (Å²) in [5.41, 5.74) is 7.01. The van der Waals surface area contributed by atoms with Crippen molar-refractivity contribution in [2.45, 2.75) is 65.8 Å². The van der Waals surface area contributed by atoms with Crippen LogP contribution in [0.5, 0.6) is 0 Å². The van der Waals surface area contributed by atoms with Gasteiger partial charge < -0.3 is 5.73 Å². The monoisotopic (exact) mass is 266 g/mol. The molecule has 19 heavy (non-hydrogen) atoms. The van der Waals surface area contributed by atoms with Crippen LogP contribution in [0.3, 0.4) is 0 Å². The van der Waals surface area contributed by atoms with Gasteiger partial charge in [-0.2, -0.15) is 0 Å². The van der Waals surface area contributed by atoms with Gasteiger partial charge in [-0.25, -0.2) is 0 Å². The molecule has 0 aromatic heterocycles. The van der Waals surface area contributed by atoms with Gasteiger partial charge in [0.1, 0.15) is 0 Å². The quantitative estimate of drug-likeness (QED) is 0.829. The number of hydrogen-bond acceptors (Lipinski definition) is 2. The Labute approximate surface area is 120 Å². The lowest BCUT2D eigenvalue weighted by Crippen LogP contribution is -2.55. The molecule has 1 saturated carbocycles. The van der Waals surface area contributed by atoms with Crippen LogP contribution in [-0.2, 0) is 0 Å². The number of nitrogens with two attached hydrogens (primary N) is 1. The Bertz CT molecular complexity index is 287. The van der Waals surface area contributed by atoms with Gasteiger partial charge in [0.25, 0.3) is 0 Å². The predicted molar refractivity (Wildman–Crippen MR) is 83.1 cm³/mol. The van der Waals surface area contributed by atoms with Crippen LogP contribution in [-0.4, -0.2) is 30.1 Å². The minimum Gasteiger partial charge on any atom is -0.329 e. The molecule has 2 nitrogen and oxygen atoms in total. The third-order valence-electron chi connectivity index (χ3n) is 6.18. The van der Waals surface area contributed by atoms with Crippen LogP contribution < -0.4 is 5.73 Å². The molecule has 1 saturated heterocycles. The van der Waals surface area contributed by atoms with Crippen molar-refractivity contribution in [1.29, 1.82) is 0 Å². The van der Waals surface area contributed by atoms with Gasteiger partial charge in [0.05, 0.1) is 0 Å². The number of likely N-dealkylation sites (tertiary alicyclic amines) is 1. The standard InChI is InChI=1S/C17H34N2/c1-13-10-19(11-14(13)2)17(12-18)8-6-15(7-9-17)16(3,4)5/h13-15H,6-12,18H2,1-5H3. The number of nitrogens with zero attached hydrogens (tertiary/aromatic N) is 1. The lowest BCUT2D eigenvalue weighted by molar-refractivity contribution is 0.0333. The van der Waals surface area contributed by atoms with E-state index in [0.29, 0.717) is 11.0 Å². The molecule has 2 aliphatic rings. The molecule has 2 rings (SSSR count). The molecule has 2 fully saturated rings. The Morgan fingerprint density at radius 2 is 1.53 bits per heavy atom. The molecule has 112 valence electrons. The first-order valence-corrected chi connectivity index (χ1v) is 8.23. The second-order valence-corrected chi connectivity index (χ2v) is 8.43. The van der Waals surface area contributed by atoms with E-state index < -0.39 is 0 Å². The lowest BCUT2D eigenvalue weighted by atomic mass is 9.67. The van der Waals surface area contributed by atoms with Gasteiger partial charge in [-0.3, -0.25) is 4.90 Å². The maximum Gasteiger partial charge on any atom is 0.0332 e. The average molecular weight is 266 g/mol. The summed E-state index contributed by atoms with van der Waals surface area (Å²) in [6.07, 6.45) is 5.34. The molecule has 2 heteroatoms. The van der Waals surface area contributed by atoms with E-state index >= 15 is 0 Å². The van der Waals surface area contributed by atoms with Crippen molar-refractivity contribution in [3.63, 3.8) is 0 Å². The Kier molecular flexibility index (Phi) is 4.32. The van der Waals surface area contributed by atoms with E-state index in [1.54, 1.807) is 0 Å². The highest BCUT2D eigenvalue weighted by atomic mass is 15.2. The summed E-state index contributed by atoms with van der Waals surface area (Å²) < 4.78 is 0. The maximum absolute atomic E-state index is 6.22. The fourth-order valence-electron chi connectivity index (χ4n) is 4.19. The lowest BCUT2D eigenvalue weighted by Gasteiger charge is -2.48. The molecule has 0 aromatic rings. The molecule has 2 N–H and O–H groups in total. The fraction of sp³-hybridized carbons (Fsp3) is 1.00. The van der Waals surface area contributed by atoms with E-state index in [1.165, 1.54) is 38.8 Å². The minimum atomic E-state index is 0.320. The van der Waals surface area contributed by atoms with Crippen molar-refractivity contribution < 1.29 is 0 Å². The molecule has 0 bridgehead atoms. The highest BCUT2D eigenvalue weighted by molar-refractivity contribution is 5.00. The normalized spacial score (nSPS) is 41.7. The van der Waals surface area contributed by atoms with Crippen LogP contribution in [0.25, 0.3) is 0 Å². The van der Waals surface area contributed by atoms with Gasteiger partial charge in [0.2, 0.25) is 0 Å². The topological polar surface area (TPSA) is 29.3 Å².